The molecule has 2 heterocycles. The lowest BCUT2D eigenvalue weighted by molar-refractivity contribution is -0.123. The quantitative estimate of drug-likeness (QED) is 0.804. The van der Waals surface area contributed by atoms with Gasteiger partial charge in [0.1, 0.15) is 11.6 Å². The Hall–Kier alpha value is -3.20. The second-order valence-corrected chi connectivity index (χ2v) is 6.15. The summed E-state index contributed by atoms with van der Waals surface area (Å²) in [6.07, 6.45) is 5.18. The van der Waals surface area contributed by atoms with Gasteiger partial charge >= 0.3 is 0 Å². The Morgan fingerprint density at radius 1 is 1.33 bits per heavy atom. The third-order valence-corrected chi connectivity index (χ3v) is 3.98. The van der Waals surface area contributed by atoms with Crippen LogP contribution in [0.1, 0.15) is 25.0 Å². The molecule has 120 valence electrons. The number of amides is 1. The highest BCUT2D eigenvalue weighted by atomic mass is 16.2. The van der Waals surface area contributed by atoms with Crippen molar-refractivity contribution < 1.29 is 4.79 Å². The minimum atomic E-state index is -0.851. The van der Waals surface area contributed by atoms with Crippen molar-refractivity contribution in [3.63, 3.8) is 0 Å². The van der Waals surface area contributed by atoms with E-state index in [0.29, 0.717) is 16.8 Å². The number of fused-ring (bicyclic) bond motifs is 1. The number of rotatable bonds is 3. The molecule has 0 bridgehead atoms. The number of nitriles is 1. The van der Waals surface area contributed by atoms with E-state index in [1.54, 1.807) is 49.1 Å². The Labute approximate surface area is 139 Å². The molecule has 1 N–H and O–H groups in total. The molecule has 0 aliphatic heterocycles. The van der Waals surface area contributed by atoms with Crippen LogP contribution in [0.2, 0.25) is 0 Å². The van der Waals surface area contributed by atoms with Crippen molar-refractivity contribution in [3.8, 4) is 6.07 Å². The molecule has 0 radical (unpaired) electrons. The van der Waals surface area contributed by atoms with Crippen LogP contribution in [-0.2, 0) is 10.3 Å². The Kier molecular flexibility index (Phi) is 3.78. The number of benzene rings is 1. The Morgan fingerprint density at radius 2 is 2.12 bits per heavy atom. The average Bonchev–Trinajstić information content (AvgIpc) is 3.02. The highest BCUT2D eigenvalue weighted by Crippen LogP contribution is 2.26. The summed E-state index contributed by atoms with van der Waals surface area (Å²) in [5.74, 6) is -0.194. The predicted molar refractivity (Wildman–Crippen MR) is 91.4 cm³/mol. The third kappa shape index (κ3) is 2.61. The van der Waals surface area contributed by atoms with Gasteiger partial charge in [-0.2, -0.15) is 10.4 Å². The van der Waals surface area contributed by atoms with Gasteiger partial charge in [0.05, 0.1) is 23.0 Å². The van der Waals surface area contributed by atoms with Crippen LogP contribution in [0, 0.1) is 18.3 Å². The van der Waals surface area contributed by atoms with Gasteiger partial charge in [-0.25, -0.2) is 0 Å². The molecule has 1 amide bonds. The number of anilines is 1. The molecule has 6 nitrogen and oxygen atoms in total. The van der Waals surface area contributed by atoms with E-state index in [9.17, 15) is 10.1 Å². The maximum Gasteiger partial charge on any atom is 0.251 e. The van der Waals surface area contributed by atoms with E-state index in [1.807, 2.05) is 19.2 Å². The van der Waals surface area contributed by atoms with Gasteiger partial charge in [0.25, 0.3) is 5.91 Å². The number of pyridine rings is 1. The van der Waals surface area contributed by atoms with Crippen molar-refractivity contribution in [1.82, 2.24) is 14.8 Å². The fourth-order valence-electron chi connectivity index (χ4n) is 2.47. The third-order valence-electron chi connectivity index (χ3n) is 3.98. The van der Waals surface area contributed by atoms with Crippen molar-refractivity contribution in [1.29, 1.82) is 5.26 Å². The summed E-state index contributed by atoms with van der Waals surface area (Å²) < 4.78 is 1.64. The first kappa shape index (κ1) is 15.7. The second kappa shape index (κ2) is 5.78. The van der Waals surface area contributed by atoms with Crippen molar-refractivity contribution in [3.05, 3.63) is 54.0 Å². The molecule has 0 saturated heterocycles. The lowest BCUT2D eigenvalue weighted by atomic mass is 10.0. The lowest BCUT2D eigenvalue weighted by Crippen LogP contribution is -2.40. The first-order valence-corrected chi connectivity index (χ1v) is 7.54. The Morgan fingerprint density at radius 3 is 2.79 bits per heavy atom. The summed E-state index contributed by atoms with van der Waals surface area (Å²) in [6.45, 7) is 5.54. The molecule has 1 aromatic carbocycles. The summed E-state index contributed by atoms with van der Waals surface area (Å²) in [6, 6.07) is 9.13. The molecule has 6 heteroatoms. The summed E-state index contributed by atoms with van der Waals surface area (Å²) in [5, 5.41) is 17.1. The molecule has 0 aliphatic carbocycles. The van der Waals surface area contributed by atoms with Gasteiger partial charge in [0.2, 0.25) is 0 Å². The topological polar surface area (TPSA) is 83.6 Å². The molecular weight excluding hydrogens is 302 g/mol. The normalized spacial score (nSPS) is 11.2. The fourth-order valence-corrected chi connectivity index (χ4v) is 2.47. The molecule has 0 aliphatic rings. The van der Waals surface area contributed by atoms with E-state index >= 15 is 0 Å². The van der Waals surface area contributed by atoms with Crippen LogP contribution in [0.3, 0.4) is 0 Å². The zero-order valence-electron chi connectivity index (χ0n) is 13.7. The number of carbonyl (C=O) groups is 1. The smallest absolute Gasteiger partial charge is 0.251 e. The number of hydrogen-bond donors (Lipinski definition) is 1. The van der Waals surface area contributed by atoms with Gasteiger partial charge in [-0.15, -0.1) is 0 Å². The molecule has 0 atom stereocenters. The van der Waals surface area contributed by atoms with Crippen LogP contribution in [0.4, 0.5) is 5.69 Å². The number of aromatic nitrogens is 3. The van der Waals surface area contributed by atoms with Crippen molar-refractivity contribution in [2.75, 3.05) is 5.32 Å². The molecule has 3 rings (SSSR count). The average molecular weight is 319 g/mol. The van der Waals surface area contributed by atoms with Gasteiger partial charge in [-0.3, -0.25) is 14.5 Å². The largest absolute Gasteiger partial charge is 0.323 e. The number of nitrogens with zero attached hydrogens (tertiary/aromatic N) is 4. The van der Waals surface area contributed by atoms with Crippen LogP contribution in [-0.4, -0.2) is 20.7 Å². The molecule has 0 unspecified atom stereocenters. The van der Waals surface area contributed by atoms with Crippen LogP contribution < -0.4 is 5.32 Å². The van der Waals surface area contributed by atoms with E-state index in [2.05, 4.69) is 21.5 Å². The van der Waals surface area contributed by atoms with Crippen LogP contribution >= 0.6 is 0 Å². The lowest BCUT2D eigenvalue weighted by Gasteiger charge is -2.24. The standard InChI is InChI=1S/C18H17N5O/c1-12-10-21-23(11-12)18(2,3)17(24)22-15-7-6-13(9-19)16-14(15)5-4-8-20-16/h4-8,10-11H,1-3H3,(H,22,24). The van der Waals surface area contributed by atoms with Gasteiger partial charge < -0.3 is 5.32 Å². The molecule has 0 saturated carbocycles. The van der Waals surface area contributed by atoms with Gasteiger partial charge in [0.15, 0.2) is 0 Å². The first-order chi connectivity index (χ1) is 11.4. The summed E-state index contributed by atoms with van der Waals surface area (Å²) in [7, 11) is 0. The maximum absolute atomic E-state index is 12.8. The van der Waals surface area contributed by atoms with Crippen LogP contribution in [0.25, 0.3) is 10.9 Å². The van der Waals surface area contributed by atoms with Crippen molar-refractivity contribution in [2.24, 2.45) is 0 Å². The van der Waals surface area contributed by atoms with E-state index in [0.717, 1.165) is 10.9 Å². The second-order valence-electron chi connectivity index (χ2n) is 6.15. The van der Waals surface area contributed by atoms with E-state index < -0.39 is 5.54 Å². The monoisotopic (exact) mass is 319 g/mol. The minimum absolute atomic E-state index is 0.194. The van der Waals surface area contributed by atoms with Crippen molar-refractivity contribution in [2.45, 2.75) is 26.3 Å². The van der Waals surface area contributed by atoms with Crippen LogP contribution in [0.15, 0.2) is 42.9 Å². The number of carbonyl (C=O) groups excluding carboxylic acids is 1. The molecular formula is C18H17N5O. The first-order valence-electron chi connectivity index (χ1n) is 7.54. The van der Waals surface area contributed by atoms with Crippen molar-refractivity contribution >= 4 is 22.5 Å². The highest BCUT2D eigenvalue weighted by Gasteiger charge is 2.31. The summed E-state index contributed by atoms with van der Waals surface area (Å²) in [4.78, 5) is 17.0. The fraction of sp³-hybridized carbons (Fsp3) is 0.222. The number of nitrogens with one attached hydrogen (secondary N) is 1. The molecule has 2 aromatic heterocycles. The zero-order chi connectivity index (χ0) is 17.3. The van der Waals surface area contributed by atoms with E-state index in [4.69, 9.17) is 0 Å². The van der Waals surface area contributed by atoms with E-state index in [1.165, 1.54) is 0 Å². The Balaban J connectivity index is 1.98. The predicted octanol–water partition coefficient (Wildman–Crippen LogP) is 2.99. The highest BCUT2D eigenvalue weighted by molar-refractivity contribution is 6.04. The zero-order valence-corrected chi connectivity index (χ0v) is 13.7. The summed E-state index contributed by atoms with van der Waals surface area (Å²) in [5.41, 5.74) is 1.82. The van der Waals surface area contributed by atoms with Gasteiger partial charge in [0, 0.05) is 17.8 Å². The number of hydrogen-bond acceptors (Lipinski definition) is 4. The maximum atomic E-state index is 12.8. The van der Waals surface area contributed by atoms with Gasteiger partial charge in [-0.05, 0) is 50.6 Å². The van der Waals surface area contributed by atoms with Crippen LogP contribution in [0.5, 0.6) is 0 Å². The molecule has 0 fully saturated rings. The number of aryl methyl sites for hydroxylation is 1. The molecule has 24 heavy (non-hydrogen) atoms. The molecule has 3 aromatic rings. The van der Waals surface area contributed by atoms with Gasteiger partial charge in [-0.1, -0.05) is 0 Å². The minimum Gasteiger partial charge on any atom is -0.323 e. The Bertz CT molecular complexity index is 965. The SMILES string of the molecule is Cc1cnn(C(C)(C)C(=O)Nc2ccc(C#N)c3ncccc23)c1. The summed E-state index contributed by atoms with van der Waals surface area (Å²) >= 11 is 0. The molecule has 0 spiro atoms. The van der Waals surface area contributed by atoms with E-state index in [-0.39, 0.29) is 5.91 Å².